The molecule has 0 aliphatic rings. The predicted molar refractivity (Wildman–Crippen MR) is 84.4 cm³/mol. The number of hydrogen-bond acceptors (Lipinski definition) is 5. The van der Waals surface area contributed by atoms with Crippen molar-refractivity contribution >= 4 is 28.7 Å². The van der Waals surface area contributed by atoms with Crippen molar-refractivity contribution in [2.45, 2.75) is 6.92 Å². The second-order valence-electron chi connectivity index (χ2n) is 4.18. The normalized spacial score (nSPS) is 10.0. The third-order valence-corrected chi connectivity index (χ3v) is 3.10. The van der Waals surface area contributed by atoms with Gasteiger partial charge in [-0.15, -0.1) is 4.91 Å². The average molecular weight is 307 g/mol. The van der Waals surface area contributed by atoms with Crippen LogP contribution < -0.4 is 14.8 Å². The zero-order valence-corrected chi connectivity index (χ0v) is 12.5. The van der Waals surface area contributed by atoms with Crippen LogP contribution in [0.15, 0.2) is 41.6 Å². The van der Waals surface area contributed by atoms with Gasteiger partial charge in [0.15, 0.2) is 0 Å². The molecule has 0 aromatic heterocycles. The number of nitrogens with one attached hydrogen (secondary N) is 1. The first kappa shape index (κ1) is 15.1. The van der Waals surface area contributed by atoms with Gasteiger partial charge < -0.3 is 14.8 Å². The quantitative estimate of drug-likeness (QED) is 0.772. The maximum Gasteiger partial charge on any atom is 0.150 e. The lowest BCUT2D eigenvalue weighted by Gasteiger charge is -2.12. The van der Waals surface area contributed by atoms with Crippen molar-refractivity contribution < 1.29 is 9.47 Å². The molecule has 6 heteroatoms. The Labute approximate surface area is 127 Å². The van der Waals surface area contributed by atoms with Gasteiger partial charge >= 0.3 is 0 Å². The van der Waals surface area contributed by atoms with Crippen LogP contribution in [0.1, 0.15) is 6.92 Å². The van der Waals surface area contributed by atoms with Crippen LogP contribution in [0.25, 0.3) is 0 Å². The van der Waals surface area contributed by atoms with Crippen molar-refractivity contribution in [1.29, 1.82) is 0 Å². The second kappa shape index (κ2) is 6.95. The fraction of sp³-hybridized carbons (Fsp3) is 0.200. The van der Waals surface area contributed by atoms with E-state index in [1.807, 2.05) is 31.2 Å². The van der Waals surface area contributed by atoms with Crippen LogP contribution >= 0.6 is 11.6 Å². The van der Waals surface area contributed by atoms with Gasteiger partial charge in [-0.2, -0.15) is 0 Å². The number of anilines is 2. The van der Waals surface area contributed by atoms with Crippen LogP contribution in [0.5, 0.6) is 11.5 Å². The Morgan fingerprint density at radius 2 is 1.90 bits per heavy atom. The van der Waals surface area contributed by atoms with E-state index in [2.05, 4.69) is 10.5 Å². The number of methoxy groups -OCH3 is 1. The molecule has 21 heavy (non-hydrogen) atoms. The van der Waals surface area contributed by atoms with Crippen molar-refractivity contribution in [3.05, 3.63) is 46.3 Å². The summed E-state index contributed by atoms with van der Waals surface area (Å²) < 4.78 is 10.5. The minimum atomic E-state index is 0.145. The van der Waals surface area contributed by atoms with Gasteiger partial charge in [0.25, 0.3) is 0 Å². The van der Waals surface area contributed by atoms with E-state index >= 15 is 0 Å². The highest BCUT2D eigenvalue weighted by Crippen LogP contribution is 2.38. The Bertz CT molecular complexity index is 630. The zero-order chi connectivity index (χ0) is 15.2. The molecule has 0 unspecified atom stereocenters. The molecule has 0 saturated heterocycles. The molecule has 0 spiro atoms. The van der Waals surface area contributed by atoms with E-state index in [9.17, 15) is 4.91 Å². The highest BCUT2D eigenvalue weighted by Gasteiger charge is 2.11. The molecule has 0 atom stereocenters. The molecule has 2 rings (SSSR count). The fourth-order valence-electron chi connectivity index (χ4n) is 1.84. The summed E-state index contributed by atoms with van der Waals surface area (Å²) in [5, 5.41) is 6.29. The molecule has 0 aliphatic carbocycles. The van der Waals surface area contributed by atoms with Gasteiger partial charge in [0.1, 0.15) is 17.2 Å². The molecule has 0 radical (unpaired) electrons. The van der Waals surface area contributed by atoms with E-state index in [1.54, 1.807) is 12.1 Å². The number of hydrogen-bond donors (Lipinski definition) is 1. The molecule has 0 bridgehead atoms. The summed E-state index contributed by atoms with van der Waals surface area (Å²) in [5.74, 6) is 1.32. The van der Waals surface area contributed by atoms with Crippen LogP contribution in [-0.2, 0) is 0 Å². The monoisotopic (exact) mass is 306 g/mol. The van der Waals surface area contributed by atoms with Crippen molar-refractivity contribution in [1.82, 2.24) is 0 Å². The average Bonchev–Trinajstić information content (AvgIpc) is 2.49. The molecule has 2 aromatic carbocycles. The van der Waals surface area contributed by atoms with Gasteiger partial charge in [-0.25, -0.2) is 0 Å². The standard InChI is InChI=1S/C15H15ClN2O3/c1-3-21-11-6-4-10(5-7-11)17-14-9-12(20-2)8-13(16)15(14)18-19/h4-9,17H,3H2,1-2H3. The Kier molecular flexibility index (Phi) is 5.00. The SMILES string of the molecule is CCOc1ccc(Nc2cc(OC)cc(Cl)c2N=O)cc1. The minimum Gasteiger partial charge on any atom is -0.497 e. The lowest BCUT2D eigenvalue weighted by molar-refractivity contribution is 0.340. The smallest absolute Gasteiger partial charge is 0.150 e. The number of benzene rings is 2. The summed E-state index contributed by atoms with van der Waals surface area (Å²) in [7, 11) is 1.53. The molecule has 2 aromatic rings. The van der Waals surface area contributed by atoms with Gasteiger partial charge in [0.05, 0.1) is 24.4 Å². The highest BCUT2D eigenvalue weighted by molar-refractivity contribution is 6.33. The lowest BCUT2D eigenvalue weighted by atomic mass is 10.2. The first-order valence-corrected chi connectivity index (χ1v) is 6.76. The summed E-state index contributed by atoms with van der Waals surface area (Å²) in [6, 6.07) is 10.6. The van der Waals surface area contributed by atoms with Gasteiger partial charge in [0, 0.05) is 17.8 Å². The van der Waals surface area contributed by atoms with E-state index in [1.165, 1.54) is 7.11 Å². The van der Waals surface area contributed by atoms with Crippen LogP contribution in [0.3, 0.4) is 0 Å². The topological polar surface area (TPSA) is 59.9 Å². The van der Waals surface area contributed by atoms with Gasteiger partial charge in [-0.05, 0) is 36.4 Å². The molecule has 0 fully saturated rings. The van der Waals surface area contributed by atoms with Crippen LogP contribution in [-0.4, -0.2) is 13.7 Å². The van der Waals surface area contributed by atoms with Gasteiger partial charge in [-0.1, -0.05) is 11.6 Å². The lowest BCUT2D eigenvalue weighted by Crippen LogP contribution is -1.94. The van der Waals surface area contributed by atoms with Gasteiger partial charge in [0.2, 0.25) is 0 Å². The van der Waals surface area contributed by atoms with Crippen molar-refractivity contribution in [3.8, 4) is 11.5 Å². The molecule has 0 heterocycles. The summed E-state index contributed by atoms with van der Waals surface area (Å²) in [4.78, 5) is 10.9. The van der Waals surface area contributed by atoms with Crippen LogP contribution in [0, 0.1) is 4.91 Å². The maximum absolute atomic E-state index is 10.9. The van der Waals surface area contributed by atoms with Crippen molar-refractivity contribution in [2.24, 2.45) is 5.18 Å². The number of rotatable bonds is 6. The molecule has 0 amide bonds. The van der Waals surface area contributed by atoms with Gasteiger partial charge in [-0.3, -0.25) is 0 Å². The summed E-state index contributed by atoms with van der Waals surface area (Å²) in [6.07, 6.45) is 0. The summed E-state index contributed by atoms with van der Waals surface area (Å²) in [5.41, 5.74) is 1.41. The number of nitrogens with zero attached hydrogens (tertiary/aromatic N) is 1. The molecule has 1 N–H and O–H groups in total. The Hall–Kier alpha value is -2.27. The van der Waals surface area contributed by atoms with Crippen molar-refractivity contribution in [2.75, 3.05) is 19.0 Å². The second-order valence-corrected chi connectivity index (χ2v) is 4.59. The highest BCUT2D eigenvalue weighted by atomic mass is 35.5. The first-order chi connectivity index (χ1) is 10.2. The number of halogens is 1. The molecule has 110 valence electrons. The van der Waals surface area contributed by atoms with E-state index in [4.69, 9.17) is 21.1 Å². The molecule has 0 saturated carbocycles. The Balaban J connectivity index is 2.29. The molecular weight excluding hydrogens is 292 g/mol. The minimum absolute atomic E-state index is 0.145. The van der Waals surface area contributed by atoms with E-state index in [0.717, 1.165) is 11.4 Å². The zero-order valence-electron chi connectivity index (χ0n) is 11.7. The van der Waals surface area contributed by atoms with Crippen molar-refractivity contribution in [3.63, 3.8) is 0 Å². The predicted octanol–water partition coefficient (Wildman–Crippen LogP) is 4.89. The summed E-state index contributed by atoms with van der Waals surface area (Å²) >= 11 is 6.01. The first-order valence-electron chi connectivity index (χ1n) is 6.38. The Morgan fingerprint density at radius 3 is 2.48 bits per heavy atom. The third kappa shape index (κ3) is 3.64. The Morgan fingerprint density at radius 1 is 1.19 bits per heavy atom. The van der Waals surface area contributed by atoms with Crippen LogP contribution in [0.4, 0.5) is 17.1 Å². The fourth-order valence-corrected chi connectivity index (χ4v) is 2.08. The molecule has 5 nitrogen and oxygen atoms in total. The largest absolute Gasteiger partial charge is 0.497 e. The summed E-state index contributed by atoms with van der Waals surface area (Å²) in [6.45, 7) is 2.53. The maximum atomic E-state index is 10.9. The van der Waals surface area contributed by atoms with E-state index < -0.39 is 0 Å². The molecule has 0 aliphatic heterocycles. The number of ether oxygens (including phenoxy) is 2. The molecular formula is C15H15ClN2O3. The van der Waals surface area contributed by atoms with Crippen LogP contribution in [0.2, 0.25) is 5.02 Å². The van der Waals surface area contributed by atoms with E-state index in [0.29, 0.717) is 18.0 Å². The third-order valence-electron chi connectivity index (χ3n) is 2.81. The van der Waals surface area contributed by atoms with E-state index in [-0.39, 0.29) is 10.7 Å². The number of nitroso groups, excluding NO2 is 1.